The molecule has 66 valence electrons. The van der Waals surface area contributed by atoms with E-state index in [1.54, 1.807) is 0 Å². The highest BCUT2D eigenvalue weighted by Crippen LogP contribution is 2.09. The summed E-state index contributed by atoms with van der Waals surface area (Å²) >= 11 is 0. The third kappa shape index (κ3) is 3.02. The molecule has 1 N–H and O–H groups in total. The minimum absolute atomic E-state index is 0.0602. The van der Waals surface area contributed by atoms with Crippen molar-refractivity contribution in [3.05, 3.63) is 0 Å². The topological polar surface area (TPSA) is 29.1 Å². The Morgan fingerprint density at radius 2 is 2.00 bits per heavy atom. The molecule has 0 aromatic carbocycles. The third-order valence-corrected chi connectivity index (χ3v) is 2.22. The van der Waals surface area contributed by atoms with Crippen molar-refractivity contribution in [2.45, 2.75) is 39.7 Å². The largest absolute Gasteiger partial charge is 0.310 e. The van der Waals surface area contributed by atoms with Crippen LogP contribution < -0.4 is 5.32 Å². The summed E-state index contributed by atoms with van der Waals surface area (Å²) in [5.41, 5.74) is 0. The van der Waals surface area contributed by atoms with Gasteiger partial charge in [0.25, 0.3) is 0 Å². The molecule has 2 atom stereocenters. The molecule has 0 aliphatic carbocycles. The summed E-state index contributed by atoms with van der Waals surface area (Å²) in [6.45, 7) is 6.13. The summed E-state index contributed by atoms with van der Waals surface area (Å²) in [7, 11) is 1.85. The highest BCUT2D eigenvalue weighted by molar-refractivity contribution is 5.83. The zero-order chi connectivity index (χ0) is 8.85. The first-order valence-electron chi connectivity index (χ1n) is 4.37. The highest BCUT2D eigenvalue weighted by Gasteiger charge is 2.19. The standard InChI is InChI=1S/C9H19NO/c1-5-7(3)9(10-4)8(11)6-2/h7,9-10H,5-6H2,1-4H3/t7?,9-/m0/s1. The number of hydrogen-bond donors (Lipinski definition) is 1. The van der Waals surface area contributed by atoms with Gasteiger partial charge in [-0.3, -0.25) is 4.79 Å². The number of likely N-dealkylation sites (N-methyl/N-ethyl adjacent to an activating group) is 1. The van der Waals surface area contributed by atoms with Gasteiger partial charge in [-0.2, -0.15) is 0 Å². The van der Waals surface area contributed by atoms with Crippen molar-refractivity contribution in [2.24, 2.45) is 5.92 Å². The Morgan fingerprint density at radius 3 is 2.27 bits per heavy atom. The van der Waals surface area contributed by atoms with Crippen molar-refractivity contribution in [3.8, 4) is 0 Å². The van der Waals surface area contributed by atoms with E-state index in [0.717, 1.165) is 6.42 Å². The number of nitrogens with one attached hydrogen (secondary N) is 1. The van der Waals surface area contributed by atoms with Crippen molar-refractivity contribution < 1.29 is 4.79 Å². The third-order valence-electron chi connectivity index (χ3n) is 2.22. The number of Topliss-reactive ketones (excluding diaryl/α,β-unsaturated/α-hetero) is 1. The van der Waals surface area contributed by atoms with E-state index >= 15 is 0 Å². The van der Waals surface area contributed by atoms with Crippen molar-refractivity contribution in [2.75, 3.05) is 7.05 Å². The molecule has 0 rings (SSSR count). The number of hydrogen-bond acceptors (Lipinski definition) is 2. The molecule has 0 aliphatic rings. The normalized spacial score (nSPS) is 16.0. The average Bonchev–Trinajstić information content (AvgIpc) is 2.05. The summed E-state index contributed by atoms with van der Waals surface area (Å²) in [5.74, 6) is 0.773. The van der Waals surface area contributed by atoms with Gasteiger partial charge in [-0.05, 0) is 13.0 Å². The molecule has 0 saturated heterocycles. The molecule has 2 heteroatoms. The van der Waals surface area contributed by atoms with Crippen molar-refractivity contribution >= 4 is 5.78 Å². The molecular weight excluding hydrogens is 138 g/mol. The number of carbonyl (C=O) groups is 1. The smallest absolute Gasteiger partial charge is 0.149 e. The van der Waals surface area contributed by atoms with Gasteiger partial charge in [0.15, 0.2) is 0 Å². The molecule has 0 spiro atoms. The Kier molecular flexibility index (Phi) is 5.12. The van der Waals surface area contributed by atoms with Crippen LogP contribution in [0.3, 0.4) is 0 Å². The molecule has 0 amide bonds. The lowest BCUT2D eigenvalue weighted by Crippen LogP contribution is -2.39. The summed E-state index contributed by atoms with van der Waals surface area (Å²) in [4.78, 5) is 11.3. The summed E-state index contributed by atoms with van der Waals surface area (Å²) in [6.07, 6.45) is 1.69. The second-order valence-electron chi connectivity index (χ2n) is 2.97. The van der Waals surface area contributed by atoms with Gasteiger partial charge in [0.05, 0.1) is 6.04 Å². The van der Waals surface area contributed by atoms with Gasteiger partial charge >= 0.3 is 0 Å². The molecule has 0 fully saturated rings. The van der Waals surface area contributed by atoms with Gasteiger partial charge in [-0.15, -0.1) is 0 Å². The van der Waals surface area contributed by atoms with Gasteiger partial charge in [0.1, 0.15) is 5.78 Å². The van der Waals surface area contributed by atoms with Crippen molar-refractivity contribution in [1.82, 2.24) is 5.32 Å². The van der Waals surface area contributed by atoms with Crippen molar-refractivity contribution in [1.29, 1.82) is 0 Å². The second kappa shape index (κ2) is 5.30. The summed E-state index contributed by atoms with van der Waals surface area (Å²) in [6, 6.07) is 0.0602. The lowest BCUT2D eigenvalue weighted by atomic mass is 9.94. The van der Waals surface area contributed by atoms with Crippen LogP contribution >= 0.6 is 0 Å². The van der Waals surface area contributed by atoms with E-state index in [9.17, 15) is 4.79 Å². The van der Waals surface area contributed by atoms with E-state index in [1.165, 1.54) is 0 Å². The zero-order valence-electron chi connectivity index (χ0n) is 7.98. The number of rotatable bonds is 5. The molecule has 0 aromatic rings. The summed E-state index contributed by atoms with van der Waals surface area (Å²) < 4.78 is 0. The Balaban J connectivity index is 4.03. The van der Waals surface area contributed by atoms with E-state index in [-0.39, 0.29) is 6.04 Å². The zero-order valence-corrected chi connectivity index (χ0v) is 7.98. The van der Waals surface area contributed by atoms with Gasteiger partial charge < -0.3 is 5.32 Å². The predicted molar refractivity (Wildman–Crippen MR) is 47.6 cm³/mol. The Bertz CT molecular complexity index is 123. The van der Waals surface area contributed by atoms with E-state index < -0.39 is 0 Å². The summed E-state index contributed by atoms with van der Waals surface area (Å²) in [5, 5.41) is 3.05. The Hall–Kier alpha value is -0.370. The molecule has 0 saturated carbocycles. The van der Waals surface area contributed by atoms with Gasteiger partial charge in [-0.1, -0.05) is 27.2 Å². The van der Waals surface area contributed by atoms with Gasteiger partial charge in [0.2, 0.25) is 0 Å². The Morgan fingerprint density at radius 1 is 1.45 bits per heavy atom. The maximum Gasteiger partial charge on any atom is 0.149 e. The lowest BCUT2D eigenvalue weighted by Gasteiger charge is -2.20. The molecule has 0 bridgehead atoms. The van der Waals surface area contributed by atoms with Crippen LogP contribution in [0, 0.1) is 5.92 Å². The van der Waals surface area contributed by atoms with Crippen LogP contribution in [0.1, 0.15) is 33.6 Å². The maximum atomic E-state index is 11.3. The number of ketones is 1. The fraction of sp³-hybridized carbons (Fsp3) is 0.889. The molecular formula is C9H19NO. The fourth-order valence-corrected chi connectivity index (χ4v) is 1.22. The van der Waals surface area contributed by atoms with Crippen LogP contribution in [0.15, 0.2) is 0 Å². The average molecular weight is 157 g/mol. The molecule has 11 heavy (non-hydrogen) atoms. The van der Waals surface area contributed by atoms with E-state index in [4.69, 9.17) is 0 Å². The highest BCUT2D eigenvalue weighted by atomic mass is 16.1. The van der Waals surface area contributed by atoms with E-state index in [1.807, 2.05) is 14.0 Å². The molecule has 0 aliphatic heterocycles. The fourth-order valence-electron chi connectivity index (χ4n) is 1.22. The van der Waals surface area contributed by atoms with Crippen LogP contribution in [0.25, 0.3) is 0 Å². The lowest BCUT2D eigenvalue weighted by molar-refractivity contribution is -0.121. The van der Waals surface area contributed by atoms with Crippen LogP contribution in [0.5, 0.6) is 0 Å². The van der Waals surface area contributed by atoms with E-state index in [0.29, 0.717) is 18.1 Å². The van der Waals surface area contributed by atoms with Gasteiger partial charge in [-0.25, -0.2) is 0 Å². The predicted octanol–water partition coefficient (Wildman–Crippen LogP) is 1.60. The quantitative estimate of drug-likeness (QED) is 0.656. The van der Waals surface area contributed by atoms with Crippen LogP contribution in [-0.4, -0.2) is 18.9 Å². The number of carbonyl (C=O) groups excluding carboxylic acids is 1. The molecule has 0 radical (unpaired) electrons. The SMILES string of the molecule is CCC(=O)[C@@H](NC)C(C)CC. The minimum Gasteiger partial charge on any atom is -0.310 e. The van der Waals surface area contributed by atoms with Crippen LogP contribution in [0.4, 0.5) is 0 Å². The molecule has 1 unspecified atom stereocenters. The van der Waals surface area contributed by atoms with Crippen LogP contribution in [0.2, 0.25) is 0 Å². The van der Waals surface area contributed by atoms with E-state index in [2.05, 4.69) is 19.2 Å². The minimum atomic E-state index is 0.0602. The molecule has 2 nitrogen and oxygen atoms in total. The first-order chi connectivity index (χ1) is 5.17. The second-order valence-corrected chi connectivity index (χ2v) is 2.97. The maximum absolute atomic E-state index is 11.3. The van der Waals surface area contributed by atoms with Crippen molar-refractivity contribution in [3.63, 3.8) is 0 Å². The van der Waals surface area contributed by atoms with Gasteiger partial charge in [0, 0.05) is 6.42 Å². The molecule has 0 aromatic heterocycles. The Labute approximate surface area is 69.4 Å². The van der Waals surface area contributed by atoms with Crippen LogP contribution in [-0.2, 0) is 4.79 Å². The molecule has 0 heterocycles. The monoisotopic (exact) mass is 157 g/mol. The first kappa shape index (κ1) is 10.6. The first-order valence-corrected chi connectivity index (χ1v) is 4.37.